The van der Waals surface area contributed by atoms with Crippen molar-refractivity contribution in [1.82, 2.24) is 9.62 Å². The summed E-state index contributed by atoms with van der Waals surface area (Å²) in [4.78, 5) is 1.20. The van der Waals surface area contributed by atoms with Crippen molar-refractivity contribution in [2.75, 3.05) is 32.8 Å². The fourth-order valence-corrected chi connectivity index (χ4v) is 4.17. The van der Waals surface area contributed by atoms with Crippen molar-refractivity contribution >= 4 is 34.0 Å². The van der Waals surface area contributed by atoms with Gasteiger partial charge in [0.25, 0.3) is 0 Å². The molecular formula is C15H21Cl2F3N2O3S. The topological polar surface area (TPSA) is 58.6 Å². The van der Waals surface area contributed by atoms with E-state index in [2.05, 4.69) is 4.72 Å². The summed E-state index contributed by atoms with van der Waals surface area (Å²) in [6.07, 6.45) is -4.82. The lowest BCUT2D eigenvalue weighted by molar-refractivity contribution is -0.139. The maximum Gasteiger partial charge on any atom is 0.417 e. The third-order valence-corrected chi connectivity index (χ3v) is 5.79. The Labute approximate surface area is 162 Å². The van der Waals surface area contributed by atoms with E-state index in [1.165, 1.54) is 0 Å². The Kier molecular flexibility index (Phi) is 7.78. The van der Waals surface area contributed by atoms with Gasteiger partial charge in [0.15, 0.2) is 0 Å². The number of rotatable bonds is 5. The minimum atomic E-state index is -4.82. The molecule has 0 saturated carbocycles. The normalized spacial score (nSPS) is 17.0. The molecule has 1 fully saturated rings. The average molecular weight is 437 g/mol. The molecule has 0 spiro atoms. The Morgan fingerprint density at radius 2 is 1.81 bits per heavy atom. The first-order valence-corrected chi connectivity index (χ1v) is 9.49. The van der Waals surface area contributed by atoms with Gasteiger partial charge in [-0.2, -0.15) is 13.2 Å². The Morgan fingerprint density at radius 1 is 1.23 bits per heavy atom. The van der Waals surface area contributed by atoms with Gasteiger partial charge < -0.3 is 4.74 Å². The van der Waals surface area contributed by atoms with E-state index in [1.807, 2.05) is 18.7 Å². The Balaban J connectivity index is 0.00000338. The average Bonchev–Trinajstić information content (AvgIpc) is 2.53. The maximum absolute atomic E-state index is 13.2. The first-order chi connectivity index (χ1) is 11.4. The number of hydrogen-bond donors (Lipinski definition) is 1. The van der Waals surface area contributed by atoms with E-state index in [4.69, 9.17) is 16.3 Å². The quantitative estimate of drug-likeness (QED) is 0.769. The fraction of sp³-hybridized carbons (Fsp3) is 0.600. The monoisotopic (exact) mass is 436 g/mol. The Bertz CT molecular complexity index is 721. The van der Waals surface area contributed by atoms with Crippen LogP contribution in [-0.4, -0.2) is 51.7 Å². The molecule has 0 aliphatic carbocycles. The molecular weight excluding hydrogens is 416 g/mol. The summed E-state index contributed by atoms with van der Waals surface area (Å²) in [5.74, 6) is 0. The lowest BCUT2D eigenvalue weighted by Gasteiger charge is -2.40. The first-order valence-electron chi connectivity index (χ1n) is 7.63. The van der Waals surface area contributed by atoms with Crippen LogP contribution >= 0.6 is 24.0 Å². The van der Waals surface area contributed by atoms with Crippen LogP contribution in [0, 0.1) is 0 Å². The molecule has 1 heterocycles. The van der Waals surface area contributed by atoms with Gasteiger partial charge in [0.2, 0.25) is 10.0 Å². The predicted octanol–water partition coefficient (Wildman–Crippen LogP) is 3.17. The number of halogens is 5. The number of morpholine rings is 1. The summed E-state index contributed by atoms with van der Waals surface area (Å²) in [6.45, 7) is 5.94. The SMILES string of the molecule is CC(C)(CNS(=O)(=O)c1ccc(Cl)cc1C(F)(F)F)N1CCOCC1.Cl. The molecule has 0 amide bonds. The molecule has 2 rings (SSSR count). The molecule has 1 aromatic carbocycles. The Hall–Kier alpha value is -0.580. The third kappa shape index (κ3) is 5.71. The van der Waals surface area contributed by atoms with Crippen LogP contribution in [0.1, 0.15) is 19.4 Å². The highest BCUT2D eigenvalue weighted by Crippen LogP contribution is 2.35. The van der Waals surface area contributed by atoms with E-state index in [-0.39, 0.29) is 24.0 Å². The van der Waals surface area contributed by atoms with Crippen LogP contribution in [0.5, 0.6) is 0 Å². The van der Waals surface area contributed by atoms with Gasteiger partial charge in [-0.05, 0) is 32.0 Å². The molecule has 1 aromatic rings. The van der Waals surface area contributed by atoms with Crippen LogP contribution in [-0.2, 0) is 20.9 Å². The highest BCUT2D eigenvalue weighted by atomic mass is 35.5. The summed E-state index contributed by atoms with van der Waals surface area (Å²) < 4.78 is 71.9. The summed E-state index contributed by atoms with van der Waals surface area (Å²) in [5, 5.41) is -0.181. The zero-order valence-electron chi connectivity index (χ0n) is 14.3. The number of sulfonamides is 1. The minimum absolute atomic E-state index is 0. The fourth-order valence-electron chi connectivity index (χ4n) is 2.59. The van der Waals surface area contributed by atoms with Crippen molar-refractivity contribution in [3.63, 3.8) is 0 Å². The molecule has 5 nitrogen and oxygen atoms in total. The molecule has 0 bridgehead atoms. The summed E-state index contributed by atoms with van der Waals surface area (Å²) in [5.41, 5.74) is -1.85. The van der Waals surface area contributed by atoms with Crippen molar-refractivity contribution in [3.05, 3.63) is 28.8 Å². The number of nitrogens with one attached hydrogen (secondary N) is 1. The molecule has 1 N–H and O–H groups in total. The van der Waals surface area contributed by atoms with Crippen LogP contribution in [0.25, 0.3) is 0 Å². The van der Waals surface area contributed by atoms with Crippen LogP contribution in [0.15, 0.2) is 23.1 Å². The zero-order chi connectivity index (χ0) is 18.9. The lowest BCUT2D eigenvalue weighted by Crippen LogP contribution is -2.55. The van der Waals surface area contributed by atoms with E-state index in [0.29, 0.717) is 32.4 Å². The van der Waals surface area contributed by atoms with Gasteiger partial charge in [0.1, 0.15) is 0 Å². The second-order valence-corrected chi connectivity index (χ2v) is 8.55. The summed E-state index contributed by atoms with van der Waals surface area (Å²) in [7, 11) is -4.35. The smallest absolute Gasteiger partial charge is 0.379 e. The van der Waals surface area contributed by atoms with Crippen molar-refractivity contribution < 1.29 is 26.3 Å². The molecule has 1 saturated heterocycles. The first kappa shape index (κ1) is 23.5. The van der Waals surface area contributed by atoms with Crippen LogP contribution < -0.4 is 4.72 Å². The van der Waals surface area contributed by atoms with Crippen molar-refractivity contribution in [2.24, 2.45) is 0 Å². The van der Waals surface area contributed by atoms with Crippen molar-refractivity contribution in [3.8, 4) is 0 Å². The van der Waals surface area contributed by atoms with Gasteiger partial charge >= 0.3 is 6.18 Å². The molecule has 0 atom stereocenters. The van der Waals surface area contributed by atoms with E-state index in [0.717, 1.165) is 12.1 Å². The van der Waals surface area contributed by atoms with Crippen molar-refractivity contribution in [2.45, 2.75) is 30.5 Å². The number of hydrogen-bond acceptors (Lipinski definition) is 4. The number of nitrogens with zero attached hydrogens (tertiary/aromatic N) is 1. The Morgan fingerprint density at radius 3 is 2.35 bits per heavy atom. The predicted molar refractivity (Wildman–Crippen MR) is 95.4 cm³/mol. The molecule has 26 heavy (non-hydrogen) atoms. The van der Waals surface area contributed by atoms with Crippen LogP contribution in [0.4, 0.5) is 13.2 Å². The zero-order valence-corrected chi connectivity index (χ0v) is 16.7. The highest BCUT2D eigenvalue weighted by molar-refractivity contribution is 7.89. The maximum atomic E-state index is 13.2. The molecule has 1 aliphatic rings. The summed E-state index contributed by atoms with van der Waals surface area (Å²) in [6, 6.07) is 2.61. The molecule has 150 valence electrons. The van der Waals surface area contributed by atoms with E-state index >= 15 is 0 Å². The number of ether oxygens (including phenoxy) is 1. The second-order valence-electron chi connectivity index (χ2n) is 6.37. The van der Waals surface area contributed by atoms with Gasteiger partial charge in [-0.25, -0.2) is 13.1 Å². The third-order valence-electron chi connectivity index (χ3n) is 4.10. The molecule has 1 aliphatic heterocycles. The second kappa shape index (κ2) is 8.62. The van der Waals surface area contributed by atoms with Gasteiger partial charge in [-0.3, -0.25) is 4.90 Å². The molecule has 0 aromatic heterocycles. The van der Waals surface area contributed by atoms with Gasteiger partial charge in [-0.1, -0.05) is 11.6 Å². The van der Waals surface area contributed by atoms with Gasteiger partial charge in [-0.15, -0.1) is 12.4 Å². The standard InChI is InChI=1S/C15H20ClF3N2O3S.ClH/c1-14(2,21-5-7-24-8-6-21)10-20-25(22,23)13-4-3-11(16)9-12(13)15(17,18)19;/h3-4,9,20H,5-8,10H2,1-2H3;1H. The van der Waals surface area contributed by atoms with Crippen LogP contribution in [0.3, 0.4) is 0 Å². The van der Waals surface area contributed by atoms with Crippen LogP contribution in [0.2, 0.25) is 5.02 Å². The highest BCUT2D eigenvalue weighted by Gasteiger charge is 2.38. The van der Waals surface area contributed by atoms with Gasteiger partial charge in [0, 0.05) is 30.2 Å². The lowest BCUT2D eigenvalue weighted by atomic mass is 10.0. The number of benzene rings is 1. The molecule has 0 unspecified atom stereocenters. The van der Waals surface area contributed by atoms with E-state index < -0.39 is 32.2 Å². The van der Waals surface area contributed by atoms with E-state index in [9.17, 15) is 21.6 Å². The minimum Gasteiger partial charge on any atom is -0.379 e. The number of alkyl halides is 3. The van der Waals surface area contributed by atoms with Crippen molar-refractivity contribution in [1.29, 1.82) is 0 Å². The van der Waals surface area contributed by atoms with E-state index in [1.54, 1.807) is 0 Å². The molecule has 11 heteroatoms. The molecule has 0 radical (unpaired) electrons. The summed E-state index contributed by atoms with van der Waals surface area (Å²) >= 11 is 5.59. The largest absolute Gasteiger partial charge is 0.417 e. The van der Waals surface area contributed by atoms with Gasteiger partial charge in [0.05, 0.1) is 23.7 Å².